The van der Waals surface area contributed by atoms with Gasteiger partial charge in [0.25, 0.3) is 0 Å². The third-order valence-corrected chi connectivity index (χ3v) is 4.27. The summed E-state index contributed by atoms with van der Waals surface area (Å²) < 4.78 is 24.6. The van der Waals surface area contributed by atoms with Crippen LogP contribution in [0.4, 0.5) is 5.69 Å². The van der Waals surface area contributed by atoms with E-state index in [4.69, 9.17) is 0 Å². The van der Waals surface area contributed by atoms with Gasteiger partial charge in [-0.05, 0) is 36.8 Å². The second-order valence-corrected chi connectivity index (χ2v) is 7.00. The summed E-state index contributed by atoms with van der Waals surface area (Å²) >= 11 is 1.42. The minimum atomic E-state index is -3.25. The molecule has 0 saturated carbocycles. The summed E-state index contributed by atoms with van der Waals surface area (Å²) in [5.41, 5.74) is 1.48. The Kier molecular flexibility index (Phi) is 3.73. The Morgan fingerprint density at radius 1 is 1.11 bits per heavy atom. The first-order chi connectivity index (χ1) is 8.85. The van der Waals surface area contributed by atoms with E-state index in [1.165, 1.54) is 18.3 Å². The SMILES string of the molecule is CC(=O)c1ccc(-c2ccc(NS(C)(=O)=O)cc2)s1. The van der Waals surface area contributed by atoms with Gasteiger partial charge < -0.3 is 0 Å². The average Bonchev–Trinajstić information content (AvgIpc) is 2.77. The van der Waals surface area contributed by atoms with Gasteiger partial charge >= 0.3 is 0 Å². The third kappa shape index (κ3) is 3.65. The number of thiophene rings is 1. The lowest BCUT2D eigenvalue weighted by Gasteiger charge is -2.04. The fourth-order valence-corrected chi connectivity index (χ4v) is 3.07. The first-order valence-electron chi connectivity index (χ1n) is 5.54. The van der Waals surface area contributed by atoms with Crippen LogP contribution in [0.1, 0.15) is 16.6 Å². The second kappa shape index (κ2) is 5.14. The molecule has 2 aromatic rings. The summed E-state index contributed by atoms with van der Waals surface area (Å²) in [5.74, 6) is 0.0478. The highest BCUT2D eigenvalue weighted by Gasteiger charge is 2.07. The molecule has 0 aliphatic rings. The van der Waals surface area contributed by atoms with E-state index >= 15 is 0 Å². The molecule has 19 heavy (non-hydrogen) atoms. The van der Waals surface area contributed by atoms with Crippen molar-refractivity contribution in [3.63, 3.8) is 0 Å². The number of hydrogen-bond donors (Lipinski definition) is 1. The summed E-state index contributed by atoms with van der Waals surface area (Å²) in [7, 11) is -3.25. The van der Waals surface area contributed by atoms with E-state index in [0.717, 1.165) is 16.7 Å². The molecule has 6 heteroatoms. The fourth-order valence-electron chi connectivity index (χ4n) is 1.60. The first-order valence-corrected chi connectivity index (χ1v) is 8.25. The predicted octanol–water partition coefficient (Wildman–Crippen LogP) is 2.99. The molecule has 0 aliphatic heterocycles. The van der Waals surface area contributed by atoms with Crippen molar-refractivity contribution >= 4 is 32.8 Å². The van der Waals surface area contributed by atoms with Crippen LogP contribution in [-0.2, 0) is 10.0 Å². The molecule has 0 fully saturated rings. The lowest BCUT2D eigenvalue weighted by molar-refractivity contribution is 0.102. The maximum absolute atomic E-state index is 11.2. The van der Waals surface area contributed by atoms with Gasteiger partial charge in [-0.2, -0.15) is 0 Å². The van der Waals surface area contributed by atoms with Gasteiger partial charge in [0, 0.05) is 10.6 Å². The molecule has 0 amide bonds. The smallest absolute Gasteiger partial charge is 0.229 e. The summed E-state index contributed by atoms with van der Waals surface area (Å²) in [5, 5.41) is 0. The van der Waals surface area contributed by atoms with Crippen LogP contribution in [-0.4, -0.2) is 20.5 Å². The topological polar surface area (TPSA) is 63.2 Å². The van der Waals surface area contributed by atoms with E-state index in [-0.39, 0.29) is 5.78 Å². The first kappa shape index (κ1) is 13.8. The third-order valence-electron chi connectivity index (χ3n) is 2.43. The summed E-state index contributed by atoms with van der Waals surface area (Å²) in [4.78, 5) is 12.9. The van der Waals surface area contributed by atoms with Gasteiger partial charge in [0.2, 0.25) is 10.0 Å². The van der Waals surface area contributed by atoms with Crippen LogP contribution < -0.4 is 4.72 Å². The predicted molar refractivity (Wildman–Crippen MR) is 78.2 cm³/mol. The molecule has 1 aromatic carbocycles. The molecule has 0 bridgehead atoms. The molecule has 0 aliphatic carbocycles. The Balaban J connectivity index is 2.24. The van der Waals surface area contributed by atoms with E-state index in [2.05, 4.69) is 4.72 Å². The zero-order chi connectivity index (χ0) is 14.0. The van der Waals surface area contributed by atoms with E-state index < -0.39 is 10.0 Å². The normalized spacial score (nSPS) is 11.3. The maximum atomic E-state index is 11.2. The molecule has 100 valence electrons. The van der Waals surface area contributed by atoms with Gasteiger partial charge in [0.15, 0.2) is 5.78 Å². The molecule has 4 nitrogen and oxygen atoms in total. The number of Topliss-reactive ketones (excluding diaryl/α,β-unsaturated/α-hetero) is 1. The van der Waals surface area contributed by atoms with Crippen LogP contribution in [0.2, 0.25) is 0 Å². The van der Waals surface area contributed by atoms with Crippen LogP contribution in [0.5, 0.6) is 0 Å². The van der Waals surface area contributed by atoms with Gasteiger partial charge in [0.05, 0.1) is 11.1 Å². The molecule has 0 radical (unpaired) electrons. The number of hydrogen-bond acceptors (Lipinski definition) is 4. The van der Waals surface area contributed by atoms with E-state index in [0.29, 0.717) is 10.6 Å². The zero-order valence-corrected chi connectivity index (χ0v) is 12.1. The highest BCUT2D eigenvalue weighted by molar-refractivity contribution is 7.92. The van der Waals surface area contributed by atoms with Crippen molar-refractivity contribution in [3.05, 3.63) is 41.3 Å². The second-order valence-electron chi connectivity index (χ2n) is 4.17. The molecule has 0 spiro atoms. The molecule has 2 rings (SSSR count). The number of nitrogens with one attached hydrogen (secondary N) is 1. The van der Waals surface area contributed by atoms with Crippen molar-refractivity contribution in [2.24, 2.45) is 0 Å². The monoisotopic (exact) mass is 295 g/mol. The minimum Gasteiger partial charge on any atom is -0.294 e. The van der Waals surface area contributed by atoms with Crippen molar-refractivity contribution in [3.8, 4) is 10.4 Å². The van der Waals surface area contributed by atoms with Gasteiger partial charge in [-0.1, -0.05) is 12.1 Å². The largest absolute Gasteiger partial charge is 0.294 e. The number of benzene rings is 1. The molecule has 0 unspecified atom stereocenters. The molecular weight excluding hydrogens is 282 g/mol. The molecule has 1 heterocycles. The van der Waals surface area contributed by atoms with E-state index in [1.807, 2.05) is 18.2 Å². The zero-order valence-electron chi connectivity index (χ0n) is 10.5. The van der Waals surface area contributed by atoms with Crippen LogP contribution >= 0.6 is 11.3 Å². The van der Waals surface area contributed by atoms with Gasteiger partial charge in [-0.25, -0.2) is 8.42 Å². The fraction of sp³-hybridized carbons (Fsp3) is 0.154. The van der Waals surface area contributed by atoms with E-state index in [1.54, 1.807) is 18.2 Å². The number of sulfonamides is 1. The lowest BCUT2D eigenvalue weighted by Crippen LogP contribution is -2.09. The quantitative estimate of drug-likeness (QED) is 0.882. The van der Waals surface area contributed by atoms with Crippen molar-refractivity contribution in [1.82, 2.24) is 0 Å². The van der Waals surface area contributed by atoms with Crippen molar-refractivity contribution in [2.75, 3.05) is 11.0 Å². The Hall–Kier alpha value is -1.66. The summed E-state index contributed by atoms with van der Waals surface area (Å²) in [6.07, 6.45) is 1.11. The number of carbonyl (C=O) groups excluding carboxylic acids is 1. The highest BCUT2D eigenvalue weighted by Crippen LogP contribution is 2.29. The summed E-state index contributed by atoms with van der Waals surface area (Å²) in [6.45, 7) is 1.54. The van der Waals surface area contributed by atoms with Crippen molar-refractivity contribution < 1.29 is 13.2 Å². The Morgan fingerprint density at radius 3 is 2.21 bits per heavy atom. The standard InChI is InChI=1S/C13H13NO3S2/c1-9(15)12-7-8-13(18-12)10-3-5-11(6-4-10)14-19(2,16)17/h3-8,14H,1-2H3. The molecule has 0 saturated heterocycles. The molecule has 1 N–H and O–H groups in total. The number of carbonyl (C=O) groups is 1. The van der Waals surface area contributed by atoms with Crippen LogP contribution in [0.25, 0.3) is 10.4 Å². The Morgan fingerprint density at radius 2 is 1.74 bits per heavy atom. The number of anilines is 1. The van der Waals surface area contributed by atoms with Gasteiger partial charge in [-0.3, -0.25) is 9.52 Å². The number of rotatable bonds is 4. The molecule has 0 atom stereocenters. The molecular formula is C13H13NO3S2. The van der Waals surface area contributed by atoms with Gasteiger partial charge in [-0.15, -0.1) is 11.3 Å². The van der Waals surface area contributed by atoms with Crippen molar-refractivity contribution in [1.29, 1.82) is 0 Å². The van der Waals surface area contributed by atoms with Gasteiger partial charge in [0.1, 0.15) is 0 Å². The average molecular weight is 295 g/mol. The van der Waals surface area contributed by atoms with E-state index in [9.17, 15) is 13.2 Å². The van der Waals surface area contributed by atoms with Crippen LogP contribution in [0, 0.1) is 0 Å². The highest BCUT2D eigenvalue weighted by atomic mass is 32.2. The Labute approximate surface area is 116 Å². The lowest BCUT2D eigenvalue weighted by atomic mass is 10.2. The Bertz CT molecular complexity index is 700. The van der Waals surface area contributed by atoms with Crippen LogP contribution in [0.15, 0.2) is 36.4 Å². The minimum absolute atomic E-state index is 0.0478. The number of ketones is 1. The summed E-state index contributed by atoms with van der Waals surface area (Å²) in [6, 6.07) is 10.7. The maximum Gasteiger partial charge on any atom is 0.229 e. The van der Waals surface area contributed by atoms with Crippen LogP contribution in [0.3, 0.4) is 0 Å². The van der Waals surface area contributed by atoms with Crippen molar-refractivity contribution in [2.45, 2.75) is 6.92 Å². The molecule has 1 aromatic heterocycles.